The molecule has 0 aliphatic carbocycles. The van der Waals surface area contributed by atoms with Crippen LogP contribution < -0.4 is 21.3 Å². The van der Waals surface area contributed by atoms with Crippen molar-refractivity contribution in [2.24, 2.45) is 5.92 Å². The molecule has 1 heterocycles. The van der Waals surface area contributed by atoms with Crippen molar-refractivity contribution >= 4 is 35.3 Å². The molecule has 3 rings (SSSR count). The highest BCUT2D eigenvalue weighted by Gasteiger charge is 2.29. The molecule has 0 radical (unpaired) electrons. The van der Waals surface area contributed by atoms with E-state index in [9.17, 15) is 28.8 Å². The van der Waals surface area contributed by atoms with Crippen molar-refractivity contribution in [3.8, 4) is 0 Å². The summed E-state index contributed by atoms with van der Waals surface area (Å²) in [5.41, 5.74) is 2.53. The lowest BCUT2D eigenvalue weighted by Gasteiger charge is -2.18. The zero-order valence-electron chi connectivity index (χ0n) is 26.2. The smallest absolute Gasteiger partial charge is 0.289 e. The number of carbonyl (C=O) groups excluding carboxylic acids is 6. The Morgan fingerprint density at radius 2 is 1.47 bits per heavy atom. The molecule has 0 saturated carbocycles. The van der Waals surface area contributed by atoms with Gasteiger partial charge in [0.15, 0.2) is 0 Å². The zero-order valence-corrected chi connectivity index (χ0v) is 26.2. The van der Waals surface area contributed by atoms with Crippen LogP contribution >= 0.6 is 0 Å². The Labute approximate surface area is 254 Å². The van der Waals surface area contributed by atoms with Crippen LogP contribution in [0.1, 0.15) is 79.8 Å². The van der Waals surface area contributed by atoms with Crippen LogP contribution in [-0.4, -0.2) is 66.4 Å². The predicted octanol–water partition coefficient (Wildman–Crippen LogP) is 2.59. The van der Waals surface area contributed by atoms with Gasteiger partial charge in [0, 0.05) is 31.3 Å². The summed E-state index contributed by atoms with van der Waals surface area (Å²) in [5, 5.41) is 9.76. The van der Waals surface area contributed by atoms with Crippen LogP contribution in [0.15, 0.2) is 48.5 Å². The van der Waals surface area contributed by atoms with Gasteiger partial charge in [-0.2, -0.15) is 0 Å². The molecule has 0 spiro atoms. The number of fused-ring (bicyclic) bond motifs is 1. The predicted molar refractivity (Wildman–Crippen MR) is 165 cm³/mol. The van der Waals surface area contributed by atoms with E-state index < -0.39 is 36.1 Å². The second-order valence-electron chi connectivity index (χ2n) is 10.6. The van der Waals surface area contributed by atoms with Gasteiger partial charge in [-0.15, -0.1) is 0 Å². The molecule has 1 unspecified atom stereocenters. The van der Waals surface area contributed by atoms with E-state index in [0.29, 0.717) is 23.2 Å². The summed E-state index contributed by atoms with van der Waals surface area (Å²) >= 11 is 0. The van der Waals surface area contributed by atoms with E-state index in [0.717, 1.165) is 11.5 Å². The molecule has 1 aliphatic rings. The maximum Gasteiger partial charge on any atom is 0.289 e. The van der Waals surface area contributed by atoms with Gasteiger partial charge in [0.25, 0.3) is 17.7 Å². The normalized spacial score (nSPS) is 12.0. The Balaban J connectivity index is 0.00000119. The molecule has 0 aromatic heterocycles. The molecule has 234 valence electrons. The number of hydrogen-bond donors (Lipinski definition) is 4. The Morgan fingerprint density at radius 1 is 0.884 bits per heavy atom. The summed E-state index contributed by atoms with van der Waals surface area (Å²) in [4.78, 5) is 74.0. The van der Waals surface area contributed by atoms with Crippen molar-refractivity contribution in [3.05, 3.63) is 70.8 Å². The Bertz CT molecular complexity index is 1260. The molecule has 2 aromatic carbocycles. The maximum absolute atomic E-state index is 12.4. The highest BCUT2D eigenvalue weighted by atomic mass is 16.2. The number of hydrogen-bond acceptors (Lipinski definition) is 6. The van der Waals surface area contributed by atoms with Crippen LogP contribution in [0.4, 0.5) is 0 Å². The first-order valence-electron chi connectivity index (χ1n) is 14.4. The van der Waals surface area contributed by atoms with E-state index in [-0.39, 0.29) is 24.9 Å². The number of carbonyl (C=O) groups is 6. The van der Waals surface area contributed by atoms with Crippen LogP contribution in [0.25, 0.3) is 0 Å². The largest absolute Gasteiger partial charge is 0.355 e. The Kier molecular flexibility index (Phi) is 16.0. The SMILES string of the molecule is CC(C)C.CCC.CNC(=O)c1ccc(CNC(=O)C(=O)CNC(=O)C(C)NC(=O)CN2Cc3ccccc3C2=O)cc1. The average Bonchev–Trinajstić information content (AvgIpc) is 3.28. The molecular weight excluding hydrogens is 550 g/mol. The maximum atomic E-state index is 12.4. The number of rotatable bonds is 10. The first kappa shape index (κ1) is 36.5. The van der Waals surface area contributed by atoms with Gasteiger partial charge in [-0.1, -0.05) is 71.4 Å². The lowest BCUT2D eigenvalue weighted by atomic mass is 10.1. The van der Waals surface area contributed by atoms with Gasteiger partial charge < -0.3 is 26.2 Å². The van der Waals surface area contributed by atoms with E-state index in [1.54, 1.807) is 36.4 Å². The zero-order chi connectivity index (χ0) is 32.5. The Morgan fingerprint density at radius 3 is 2.02 bits per heavy atom. The number of ketones is 1. The Hall–Kier alpha value is -4.54. The fraction of sp³-hybridized carbons (Fsp3) is 0.438. The van der Waals surface area contributed by atoms with Crippen molar-refractivity contribution in [2.45, 2.75) is 67.1 Å². The van der Waals surface area contributed by atoms with Gasteiger partial charge >= 0.3 is 0 Å². The molecule has 0 saturated heterocycles. The molecule has 1 atom stereocenters. The molecule has 11 nitrogen and oxygen atoms in total. The summed E-state index contributed by atoms with van der Waals surface area (Å²) in [6.07, 6.45) is 1.25. The van der Waals surface area contributed by atoms with Crippen molar-refractivity contribution in [1.29, 1.82) is 0 Å². The second-order valence-corrected chi connectivity index (χ2v) is 10.6. The van der Waals surface area contributed by atoms with Crippen LogP contribution in [0, 0.1) is 5.92 Å². The van der Waals surface area contributed by atoms with Crippen LogP contribution in [0.5, 0.6) is 0 Å². The summed E-state index contributed by atoms with van der Waals surface area (Å²) in [7, 11) is 1.52. The van der Waals surface area contributed by atoms with E-state index in [1.165, 1.54) is 25.3 Å². The van der Waals surface area contributed by atoms with E-state index in [2.05, 4.69) is 55.9 Å². The fourth-order valence-corrected chi connectivity index (χ4v) is 3.57. The van der Waals surface area contributed by atoms with E-state index in [1.807, 2.05) is 12.1 Å². The third-order valence-electron chi connectivity index (χ3n) is 5.57. The molecule has 2 aromatic rings. The molecule has 0 bridgehead atoms. The summed E-state index contributed by atoms with van der Waals surface area (Å²) in [5.74, 6) is -2.57. The minimum absolute atomic E-state index is 0.0676. The second kappa shape index (κ2) is 18.8. The van der Waals surface area contributed by atoms with Gasteiger partial charge in [0.2, 0.25) is 17.6 Å². The lowest BCUT2D eigenvalue weighted by molar-refractivity contribution is -0.138. The highest BCUT2D eigenvalue weighted by molar-refractivity contribution is 6.37. The third-order valence-corrected chi connectivity index (χ3v) is 5.57. The first-order valence-corrected chi connectivity index (χ1v) is 14.4. The molecule has 11 heteroatoms. The van der Waals surface area contributed by atoms with Crippen LogP contribution in [-0.2, 0) is 32.3 Å². The number of nitrogens with one attached hydrogen (secondary N) is 4. The molecule has 0 fully saturated rings. The minimum atomic E-state index is -0.979. The van der Waals surface area contributed by atoms with Crippen LogP contribution in [0.3, 0.4) is 0 Å². The van der Waals surface area contributed by atoms with E-state index in [4.69, 9.17) is 0 Å². The van der Waals surface area contributed by atoms with Gasteiger partial charge in [-0.05, 0) is 42.2 Å². The van der Waals surface area contributed by atoms with Crippen LogP contribution in [0.2, 0.25) is 0 Å². The van der Waals surface area contributed by atoms with Crippen molar-refractivity contribution in [3.63, 3.8) is 0 Å². The highest BCUT2D eigenvalue weighted by Crippen LogP contribution is 2.21. The monoisotopic (exact) mass is 595 g/mol. The molecule has 5 amide bonds. The van der Waals surface area contributed by atoms with Crippen molar-refractivity contribution < 1.29 is 28.8 Å². The summed E-state index contributed by atoms with van der Waals surface area (Å²) in [6, 6.07) is 12.6. The summed E-state index contributed by atoms with van der Waals surface area (Å²) in [6.45, 7) is 11.8. The average molecular weight is 596 g/mol. The molecule has 4 N–H and O–H groups in total. The number of nitrogens with zero attached hydrogens (tertiary/aromatic N) is 1. The van der Waals surface area contributed by atoms with Crippen molar-refractivity contribution in [2.75, 3.05) is 20.1 Å². The van der Waals surface area contributed by atoms with Gasteiger partial charge in [-0.3, -0.25) is 28.8 Å². The van der Waals surface area contributed by atoms with E-state index >= 15 is 0 Å². The number of Topliss-reactive ketones (excluding diaryl/α,β-unsaturated/α-hetero) is 1. The fourth-order valence-electron chi connectivity index (χ4n) is 3.57. The number of benzene rings is 2. The van der Waals surface area contributed by atoms with Gasteiger partial charge in [0.1, 0.15) is 12.6 Å². The standard InChI is InChI=1S/C25H27N5O6.C4H10.C3H8/c1-15(29-21(32)14-30-13-18-5-3-4-6-19(18)25(30)36)22(33)28-12-20(31)24(35)27-11-16-7-9-17(10-8-16)23(34)26-2;1-4(2)3;1-3-2/h3-10,15H,11-14H2,1-2H3,(H,26,34)(H,27,35)(H,28,33)(H,29,32);4H,1-3H3;3H2,1-2H3. The topological polar surface area (TPSA) is 154 Å². The molecule has 43 heavy (non-hydrogen) atoms. The first-order chi connectivity index (χ1) is 20.3. The molecular formula is C32H45N5O6. The molecule has 1 aliphatic heterocycles. The van der Waals surface area contributed by atoms with Gasteiger partial charge in [0.05, 0.1) is 6.54 Å². The van der Waals surface area contributed by atoms with Crippen molar-refractivity contribution in [1.82, 2.24) is 26.2 Å². The quantitative estimate of drug-likeness (QED) is 0.310. The summed E-state index contributed by atoms with van der Waals surface area (Å²) < 4.78 is 0. The minimum Gasteiger partial charge on any atom is -0.355 e. The number of amides is 5. The van der Waals surface area contributed by atoms with Gasteiger partial charge in [-0.25, -0.2) is 0 Å². The lowest BCUT2D eigenvalue weighted by Crippen LogP contribution is -2.49. The third kappa shape index (κ3) is 12.9.